The van der Waals surface area contributed by atoms with Gasteiger partial charge in [-0.25, -0.2) is 4.98 Å². The standard InChI is InChI=1S/C13H19N5O2/c1-20-13-11(4-2-5-15-13)8-14-9-12-10-18(17-16-12)6-3-7-19/h2,4-5,10,14,19H,3,6-9H2,1H3. The summed E-state index contributed by atoms with van der Waals surface area (Å²) in [6, 6.07) is 3.85. The molecule has 0 aliphatic heterocycles. The summed E-state index contributed by atoms with van der Waals surface area (Å²) in [6.45, 7) is 2.12. The Balaban J connectivity index is 1.82. The lowest BCUT2D eigenvalue weighted by molar-refractivity contribution is 0.276. The Bertz CT molecular complexity index is 529. The molecular weight excluding hydrogens is 258 g/mol. The van der Waals surface area contributed by atoms with E-state index in [0.717, 1.165) is 11.3 Å². The number of rotatable bonds is 8. The zero-order chi connectivity index (χ0) is 14.2. The maximum Gasteiger partial charge on any atom is 0.217 e. The van der Waals surface area contributed by atoms with Crippen molar-refractivity contribution >= 4 is 0 Å². The minimum Gasteiger partial charge on any atom is -0.481 e. The first kappa shape index (κ1) is 14.4. The van der Waals surface area contributed by atoms with Gasteiger partial charge in [-0.2, -0.15) is 0 Å². The third-order valence-electron chi connectivity index (χ3n) is 2.80. The Morgan fingerprint density at radius 3 is 3.10 bits per heavy atom. The Hall–Kier alpha value is -1.99. The Labute approximate surface area is 117 Å². The average Bonchev–Trinajstić information content (AvgIpc) is 2.93. The van der Waals surface area contributed by atoms with Crippen LogP contribution in [0.3, 0.4) is 0 Å². The van der Waals surface area contributed by atoms with Crippen LogP contribution in [-0.4, -0.2) is 38.8 Å². The number of methoxy groups -OCH3 is 1. The molecule has 0 unspecified atom stereocenters. The second-order valence-corrected chi connectivity index (χ2v) is 4.33. The SMILES string of the molecule is COc1ncccc1CNCc1cn(CCCO)nn1. The Kier molecular flexibility index (Phi) is 5.45. The number of nitrogens with zero attached hydrogens (tertiary/aromatic N) is 4. The lowest BCUT2D eigenvalue weighted by Gasteiger charge is -2.07. The molecule has 0 spiro atoms. The number of hydrogen-bond acceptors (Lipinski definition) is 6. The molecule has 108 valence electrons. The summed E-state index contributed by atoms with van der Waals surface area (Å²) in [5.74, 6) is 0.631. The first-order valence-corrected chi connectivity index (χ1v) is 6.52. The maximum absolute atomic E-state index is 8.76. The number of ether oxygens (including phenoxy) is 1. The molecule has 0 fully saturated rings. The first-order chi connectivity index (χ1) is 9.83. The quantitative estimate of drug-likeness (QED) is 0.724. The molecule has 0 aliphatic carbocycles. The zero-order valence-electron chi connectivity index (χ0n) is 11.5. The van der Waals surface area contributed by atoms with Gasteiger partial charge >= 0.3 is 0 Å². The molecule has 0 bridgehead atoms. The highest BCUT2D eigenvalue weighted by molar-refractivity contribution is 5.25. The van der Waals surface area contributed by atoms with Gasteiger partial charge in [0.05, 0.1) is 12.8 Å². The van der Waals surface area contributed by atoms with E-state index in [-0.39, 0.29) is 6.61 Å². The molecule has 2 heterocycles. The number of aromatic nitrogens is 4. The van der Waals surface area contributed by atoms with E-state index in [0.29, 0.717) is 31.9 Å². The fourth-order valence-electron chi connectivity index (χ4n) is 1.83. The van der Waals surface area contributed by atoms with Crippen molar-refractivity contribution in [3.63, 3.8) is 0 Å². The summed E-state index contributed by atoms with van der Waals surface area (Å²) in [5, 5.41) is 20.1. The Morgan fingerprint density at radius 1 is 1.40 bits per heavy atom. The molecule has 0 atom stereocenters. The van der Waals surface area contributed by atoms with Crippen LogP contribution in [0.2, 0.25) is 0 Å². The van der Waals surface area contributed by atoms with E-state index in [1.54, 1.807) is 18.0 Å². The summed E-state index contributed by atoms with van der Waals surface area (Å²) in [5.41, 5.74) is 1.87. The van der Waals surface area contributed by atoms with Gasteiger partial charge in [0.1, 0.15) is 0 Å². The summed E-state index contributed by atoms with van der Waals surface area (Å²) < 4.78 is 6.92. The van der Waals surface area contributed by atoms with Crippen LogP contribution in [0.15, 0.2) is 24.5 Å². The van der Waals surface area contributed by atoms with Gasteiger partial charge < -0.3 is 15.2 Å². The molecule has 7 heteroatoms. The van der Waals surface area contributed by atoms with Crippen molar-refractivity contribution in [2.24, 2.45) is 0 Å². The molecule has 2 aromatic rings. The molecule has 0 aliphatic rings. The summed E-state index contributed by atoms with van der Waals surface area (Å²) in [7, 11) is 1.61. The zero-order valence-corrected chi connectivity index (χ0v) is 11.5. The predicted octanol–water partition coefficient (Wildman–Crippen LogP) is 0.354. The fraction of sp³-hybridized carbons (Fsp3) is 0.462. The molecule has 2 N–H and O–H groups in total. The van der Waals surface area contributed by atoms with E-state index in [4.69, 9.17) is 9.84 Å². The predicted molar refractivity (Wildman–Crippen MR) is 73.1 cm³/mol. The van der Waals surface area contributed by atoms with Crippen molar-refractivity contribution in [2.45, 2.75) is 26.1 Å². The van der Waals surface area contributed by atoms with E-state index in [2.05, 4.69) is 20.6 Å². The van der Waals surface area contributed by atoms with Crippen molar-refractivity contribution in [2.75, 3.05) is 13.7 Å². The largest absolute Gasteiger partial charge is 0.481 e. The molecular formula is C13H19N5O2. The average molecular weight is 277 g/mol. The highest BCUT2D eigenvalue weighted by atomic mass is 16.5. The topological polar surface area (TPSA) is 85.1 Å². The van der Waals surface area contributed by atoms with Gasteiger partial charge in [0.15, 0.2) is 0 Å². The van der Waals surface area contributed by atoms with Gasteiger partial charge in [0.25, 0.3) is 0 Å². The third-order valence-corrected chi connectivity index (χ3v) is 2.80. The van der Waals surface area contributed by atoms with Crippen molar-refractivity contribution in [1.82, 2.24) is 25.3 Å². The number of aliphatic hydroxyl groups is 1. The van der Waals surface area contributed by atoms with Crippen LogP contribution in [-0.2, 0) is 19.6 Å². The van der Waals surface area contributed by atoms with Crippen LogP contribution in [0.25, 0.3) is 0 Å². The molecule has 0 radical (unpaired) electrons. The van der Waals surface area contributed by atoms with Crippen molar-refractivity contribution in [1.29, 1.82) is 0 Å². The lowest BCUT2D eigenvalue weighted by atomic mass is 10.2. The molecule has 2 aromatic heterocycles. The molecule has 0 saturated carbocycles. The van der Waals surface area contributed by atoms with Crippen LogP contribution in [0.4, 0.5) is 0 Å². The number of aliphatic hydroxyl groups excluding tert-OH is 1. The van der Waals surface area contributed by atoms with Crippen LogP contribution >= 0.6 is 0 Å². The van der Waals surface area contributed by atoms with Crippen molar-refractivity contribution in [3.05, 3.63) is 35.8 Å². The number of aryl methyl sites for hydroxylation is 1. The first-order valence-electron chi connectivity index (χ1n) is 6.52. The van der Waals surface area contributed by atoms with Crippen LogP contribution < -0.4 is 10.1 Å². The lowest BCUT2D eigenvalue weighted by Crippen LogP contribution is -2.14. The van der Waals surface area contributed by atoms with Crippen molar-refractivity contribution in [3.8, 4) is 5.88 Å². The van der Waals surface area contributed by atoms with Gasteiger partial charge in [-0.05, 0) is 12.5 Å². The van der Waals surface area contributed by atoms with E-state index >= 15 is 0 Å². The van der Waals surface area contributed by atoms with Crippen LogP contribution in [0.1, 0.15) is 17.7 Å². The summed E-state index contributed by atoms with van der Waals surface area (Å²) >= 11 is 0. The Morgan fingerprint density at radius 2 is 2.30 bits per heavy atom. The van der Waals surface area contributed by atoms with E-state index in [1.165, 1.54) is 0 Å². The van der Waals surface area contributed by atoms with E-state index in [9.17, 15) is 0 Å². The summed E-state index contributed by atoms with van der Waals surface area (Å²) in [4.78, 5) is 4.14. The minimum atomic E-state index is 0.161. The third kappa shape index (κ3) is 4.01. The monoisotopic (exact) mass is 277 g/mol. The molecule has 20 heavy (non-hydrogen) atoms. The van der Waals surface area contributed by atoms with Crippen molar-refractivity contribution < 1.29 is 9.84 Å². The number of hydrogen-bond donors (Lipinski definition) is 2. The minimum absolute atomic E-state index is 0.161. The van der Waals surface area contributed by atoms with Crippen LogP contribution in [0, 0.1) is 0 Å². The van der Waals surface area contributed by atoms with Crippen LogP contribution in [0.5, 0.6) is 5.88 Å². The number of pyridine rings is 1. The van der Waals surface area contributed by atoms with E-state index in [1.807, 2.05) is 18.3 Å². The molecule has 2 rings (SSSR count). The highest BCUT2D eigenvalue weighted by Gasteiger charge is 2.04. The smallest absolute Gasteiger partial charge is 0.217 e. The summed E-state index contributed by atoms with van der Waals surface area (Å²) in [6.07, 6.45) is 4.27. The second-order valence-electron chi connectivity index (χ2n) is 4.33. The maximum atomic E-state index is 8.76. The van der Waals surface area contributed by atoms with E-state index < -0.39 is 0 Å². The highest BCUT2D eigenvalue weighted by Crippen LogP contribution is 2.12. The molecule has 0 aromatic carbocycles. The van der Waals surface area contributed by atoms with Gasteiger partial charge in [-0.3, -0.25) is 4.68 Å². The second kappa shape index (κ2) is 7.56. The normalized spacial score (nSPS) is 10.7. The number of nitrogens with one attached hydrogen (secondary N) is 1. The van der Waals surface area contributed by atoms with Gasteiger partial charge in [0, 0.05) is 44.2 Å². The molecule has 0 amide bonds. The van der Waals surface area contributed by atoms with Gasteiger partial charge in [-0.1, -0.05) is 11.3 Å². The van der Waals surface area contributed by atoms with Gasteiger partial charge in [0.2, 0.25) is 5.88 Å². The molecule has 0 saturated heterocycles. The van der Waals surface area contributed by atoms with Gasteiger partial charge in [-0.15, -0.1) is 5.10 Å². The fourth-order valence-corrected chi connectivity index (χ4v) is 1.83. The molecule has 7 nitrogen and oxygen atoms in total.